The average molecular weight is 517 g/mol. The van der Waals surface area contributed by atoms with Crippen molar-refractivity contribution in [2.45, 2.75) is 20.1 Å². The molecule has 9 heteroatoms. The number of hydrogen-bond acceptors (Lipinski definition) is 4. The molecule has 1 aliphatic heterocycles. The molecule has 3 rings (SSSR count). The van der Waals surface area contributed by atoms with Gasteiger partial charge in [-0.25, -0.2) is 9.98 Å². The Kier molecular flexibility index (Phi) is 9.36. The summed E-state index contributed by atoms with van der Waals surface area (Å²) in [5, 5.41) is 3.29. The molecule has 1 fully saturated rings. The Hall–Kier alpha value is -2.17. The van der Waals surface area contributed by atoms with Crippen LogP contribution in [0.5, 0.6) is 5.75 Å². The predicted octanol–water partition coefficient (Wildman–Crippen LogP) is 3.59. The number of para-hydroxylation sites is 1. The molecule has 1 aromatic carbocycles. The number of nitrogens with one attached hydrogen (secondary N) is 1. The van der Waals surface area contributed by atoms with Gasteiger partial charge < -0.3 is 19.9 Å². The van der Waals surface area contributed by atoms with E-state index in [9.17, 15) is 8.78 Å². The van der Waals surface area contributed by atoms with Crippen LogP contribution in [0.2, 0.25) is 0 Å². The normalized spacial score (nSPS) is 14.6. The molecular formula is C20H26F2IN5O. The number of ether oxygens (including phenoxy) is 1. The quantitative estimate of drug-likeness (QED) is 0.361. The van der Waals surface area contributed by atoms with Crippen molar-refractivity contribution < 1.29 is 13.5 Å². The van der Waals surface area contributed by atoms with Gasteiger partial charge in [-0.15, -0.1) is 24.0 Å². The summed E-state index contributed by atoms with van der Waals surface area (Å²) < 4.78 is 29.8. The van der Waals surface area contributed by atoms with Crippen LogP contribution in [0.1, 0.15) is 12.5 Å². The second-order valence-corrected chi connectivity index (χ2v) is 6.32. The van der Waals surface area contributed by atoms with E-state index in [0.29, 0.717) is 5.56 Å². The smallest absolute Gasteiger partial charge is 0.387 e. The lowest BCUT2D eigenvalue weighted by molar-refractivity contribution is -0.0504. The van der Waals surface area contributed by atoms with E-state index in [1.165, 1.54) is 6.07 Å². The number of benzene rings is 1. The van der Waals surface area contributed by atoms with Gasteiger partial charge in [0.15, 0.2) is 5.96 Å². The Morgan fingerprint density at radius 1 is 1.14 bits per heavy atom. The predicted molar refractivity (Wildman–Crippen MR) is 121 cm³/mol. The van der Waals surface area contributed by atoms with Crippen LogP contribution in [0.3, 0.4) is 0 Å². The first-order valence-corrected chi connectivity index (χ1v) is 9.39. The van der Waals surface area contributed by atoms with Crippen LogP contribution in [-0.4, -0.2) is 55.2 Å². The standard InChI is InChI=1S/C20H25F2N5O.HI/c1-2-23-20(25-15-16-7-3-4-8-17(16)28-19(21)22)27-13-11-26(12-14-27)18-9-5-6-10-24-18;/h3-10,19H,2,11-15H2,1H3,(H,23,25);1H. The van der Waals surface area contributed by atoms with Crippen molar-refractivity contribution in [3.8, 4) is 5.75 Å². The molecule has 0 unspecified atom stereocenters. The van der Waals surface area contributed by atoms with E-state index in [0.717, 1.165) is 44.5 Å². The molecule has 158 valence electrons. The van der Waals surface area contributed by atoms with E-state index in [2.05, 4.69) is 29.8 Å². The Morgan fingerprint density at radius 3 is 2.52 bits per heavy atom. The molecule has 0 atom stereocenters. The molecule has 0 aliphatic carbocycles. The number of hydrogen-bond donors (Lipinski definition) is 1. The molecule has 29 heavy (non-hydrogen) atoms. The summed E-state index contributed by atoms with van der Waals surface area (Å²) in [6, 6.07) is 12.7. The van der Waals surface area contributed by atoms with Gasteiger partial charge in [-0.3, -0.25) is 0 Å². The van der Waals surface area contributed by atoms with E-state index in [1.807, 2.05) is 25.1 Å². The summed E-state index contributed by atoms with van der Waals surface area (Å²) in [4.78, 5) is 13.5. The SMILES string of the molecule is CCNC(=NCc1ccccc1OC(F)F)N1CCN(c2ccccn2)CC1.I. The number of halogens is 3. The lowest BCUT2D eigenvalue weighted by Gasteiger charge is -2.37. The van der Waals surface area contributed by atoms with Crippen LogP contribution in [-0.2, 0) is 6.54 Å². The number of rotatable bonds is 6. The molecule has 1 aliphatic rings. The fraction of sp³-hybridized carbons (Fsp3) is 0.400. The molecule has 1 N–H and O–H groups in total. The van der Waals surface area contributed by atoms with Crippen molar-refractivity contribution in [3.05, 3.63) is 54.2 Å². The number of guanidine groups is 1. The van der Waals surface area contributed by atoms with Gasteiger partial charge in [0, 0.05) is 44.5 Å². The topological polar surface area (TPSA) is 53.0 Å². The molecule has 0 spiro atoms. The fourth-order valence-corrected chi connectivity index (χ4v) is 3.12. The van der Waals surface area contributed by atoms with E-state index in [4.69, 9.17) is 0 Å². The summed E-state index contributed by atoms with van der Waals surface area (Å²) >= 11 is 0. The Bertz CT molecular complexity index is 770. The van der Waals surface area contributed by atoms with Crippen molar-refractivity contribution >= 4 is 35.8 Å². The van der Waals surface area contributed by atoms with Crippen LogP contribution in [0.25, 0.3) is 0 Å². The summed E-state index contributed by atoms with van der Waals surface area (Å²) in [5.41, 5.74) is 0.630. The number of alkyl halides is 2. The lowest BCUT2D eigenvalue weighted by atomic mass is 10.2. The third-order valence-corrected chi connectivity index (χ3v) is 4.48. The third kappa shape index (κ3) is 6.69. The minimum Gasteiger partial charge on any atom is -0.434 e. The van der Waals surface area contributed by atoms with Crippen LogP contribution in [0.4, 0.5) is 14.6 Å². The number of aromatic nitrogens is 1. The van der Waals surface area contributed by atoms with Gasteiger partial charge in [0.05, 0.1) is 6.54 Å². The van der Waals surface area contributed by atoms with Crippen LogP contribution in [0, 0.1) is 0 Å². The molecule has 1 aromatic heterocycles. The maximum atomic E-state index is 12.6. The summed E-state index contributed by atoms with van der Waals surface area (Å²) in [7, 11) is 0. The van der Waals surface area contributed by atoms with Gasteiger partial charge in [-0.1, -0.05) is 24.3 Å². The van der Waals surface area contributed by atoms with Gasteiger partial charge >= 0.3 is 6.61 Å². The zero-order valence-electron chi connectivity index (χ0n) is 16.3. The molecule has 0 radical (unpaired) electrons. The van der Waals surface area contributed by atoms with Crippen LogP contribution >= 0.6 is 24.0 Å². The molecule has 0 saturated carbocycles. The van der Waals surface area contributed by atoms with Crippen molar-refractivity contribution in [3.63, 3.8) is 0 Å². The monoisotopic (exact) mass is 517 g/mol. The maximum Gasteiger partial charge on any atom is 0.387 e. The fourth-order valence-electron chi connectivity index (χ4n) is 3.12. The molecule has 1 saturated heterocycles. The summed E-state index contributed by atoms with van der Waals surface area (Å²) in [5.74, 6) is 1.91. The van der Waals surface area contributed by atoms with Crippen molar-refractivity contribution in [1.82, 2.24) is 15.2 Å². The second-order valence-electron chi connectivity index (χ2n) is 6.32. The molecule has 6 nitrogen and oxygen atoms in total. The number of pyridine rings is 1. The minimum atomic E-state index is -2.85. The molecular weight excluding hydrogens is 491 g/mol. The Labute approximate surface area is 187 Å². The van der Waals surface area contributed by atoms with E-state index >= 15 is 0 Å². The van der Waals surface area contributed by atoms with Crippen molar-refractivity contribution in [2.75, 3.05) is 37.6 Å². The number of piperazine rings is 1. The first kappa shape index (κ1) is 23.1. The highest BCUT2D eigenvalue weighted by atomic mass is 127. The first-order valence-electron chi connectivity index (χ1n) is 9.39. The highest BCUT2D eigenvalue weighted by Crippen LogP contribution is 2.21. The van der Waals surface area contributed by atoms with E-state index in [-0.39, 0.29) is 36.3 Å². The molecule has 0 amide bonds. The van der Waals surface area contributed by atoms with E-state index < -0.39 is 6.61 Å². The molecule has 0 bridgehead atoms. The maximum absolute atomic E-state index is 12.6. The number of aliphatic imine (C=N–C) groups is 1. The van der Waals surface area contributed by atoms with Gasteiger partial charge in [0.1, 0.15) is 11.6 Å². The lowest BCUT2D eigenvalue weighted by Crippen LogP contribution is -2.52. The summed E-state index contributed by atoms with van der Waals surface area (Å²) in [6.45, 7) is 3.44. The Morgan fingerprint density at radius 2 is 1.86 bits per heavy atom. The third-order valence-electron chi connectivity index (χ3n) is 4.48. The minimum absolute atomic E-state index is 0. The summed E-state index contributed by atoms with van der Waals surface area (Å²) in [6.07, 6.45) is 1.80. The van der Waals surface area contributed by atoms with Crippen molar-refractivity contribution in [1.29, 1.82) is 0 Å². The zero-order chi connectivity index (χ0) is 19.8. The van der Waals surface area contributed by atoms with Gasteiger partial charge in [0.25, 0.3) is 0 Å². The largest absolute Gasteiger partial charge is 0.434 e. The second kappa shape index (κ2) is 11.7. The van der Waals surface area contributed by atoms with Gasteiger partial charge in [-0.2, -0.15) is 8.78 Å². The van der Waals surface area contributed by atoms with Crippen molar-refractivity contribution in [2.24, 2.45) is 4.99 Å². The van der Waals surface area contributed by atoms with E-state index in [1.54, 1.807) is 24.4 Å². The number of anilines is 1. The van der Waals surface area contributed by atoms with Crippen LogP contribution in [0.15, 0.2) is 53.7 Å². The highest BCUT2D eigenvalue weighted by Gasteiger charge is 2.20. The van der Waals surface area contributed by atoms with Gasteiger partial charge in [0.2, 0.25) is 0 Å². The average Bonchev–Trinajstić information content (AvgIpc) is 2.72. The molecule has 2 heterocycles. The zero-order valence-corrected chi connectivity index (χ0v) is 18.6. The molecule has 2 aromatic rings. The van der Waals surface area contributed by atoms with Crippen LogP contribution < -0.4 is 15.0 Å². The Balaban J connectivity index is 0.00000300. The first-order chi connectivity index (χ1) is 13.7. The van der Waals surface area contributed by atoms with Gasteiger partial charge in [-0.05, 0) is 25.1 Å². The number of nitrogens with zero attached hydrogens (tertiary/aromatic N) is 4. The highest BCUT2D eigenvalue weighted by molar-refractivity contribution is 14.0.